The Balaban J connectivity index is 2.59. The first-order valence-corrected chi connectivity index (χ1v) is 7.79. The van der Waals surface area contributed by atoms with Crippen LogP contribution in [0.3, 0.4) is 0 Å². The fourth-order valence-electron chi connectivity index (χ4n) is 1.71. The molecule has 0 bridgehead atoms. The molecule has 1 rings (SSSR count). The van der Waals surface area contributed by atoms with Crippen molar-refractivity contribution in [3.8, 4) is 0 Å². The van der Waals surface area contributed by atoms with E-state index >= 15 is 0 Å². The number of benzene rings is 1. The van der Waals surface area contributed by atoms with Gasteiger partial charge in [0.25, 0.3) is 0 Å². The van der Waals surface area contributed by atoms with Gasteiger partial charge in [0, 0.05) is 0 Å². The van der Waals surface area contributed by atoms with Gasteiger partial charge in [0.05, 0.1) is 6.42 Å². The lowest BCUT2D eigenvalue weighted by Crippen LogP contribution is -2.24. The van der Waals surface area contributed by atoms with Crippen LogP contribution >= 0.6 is 22.6 Å². The molecule has 0 saturated carbocycles. The van der Waals surface area contributed by atoms with E-state index in [1.54, 1.807) is 0 Å². The summed E-state index contributed by atoms with van der Waals surface area (Å²) in [4.78, 5) is 11.7. The highest BCUT2D eigenvalue weighted by Gasteiger charge is 2.16. The monoisotopic (exact) mass is 360 g/mol. The van der Waals surface area contributed by atoms with Crippen LogP contribution in [0.5, 0.6) is 0 Å². The lowest BCUT2D eigenvalue weighted by atomic mass is 10.0. The highest BCUT2D eigenvalue weighted by Crippen LogP contribution is 2.12. The summed E-state index contributed by atoms with van der Waals surface area (Å²) in [5.74, 6) is -0.159. The fourth-order valence-corrected chi connectivity index (χ4v) is 2.09. The van der Waals surface area contributed by atoms with Gasteiger partial charge in [-0.1, -0.05) is 46.9 Å². The summed E-state index contributed by atoms with van der Waals surface area (Å²) in [6.07, 6.45) is 2.61. The molecule has 1 aromatic carbocycles. The molecule has 0 aromatic heterocycles. The molecule has 1 aromatic rings. The second-order valence-electron chi connectivity index (χ2n) is 5.38. The van der Waals surface area contributed by atoms with Crippen molar-refractivity contribution in [2.75, 3.05) is 4.43 Å². The van der Waals surface area contributed by atoms with E-state index in [1.165, 1.54) is 12.0 Å². The van der Waals surface area contributed by atoms with Crippen LogP contribution in [0.25, 0.3) is 0 Å². The van der Waals surface area contributed by atoms with E-state index in [0.29, 0.717) is 6.42 Å². The minimum Gasteiger partial charge on any atom is -0.460 e. The van der Waals surface area contributed by atoms with E-state index in [2.05, 4.69) is 34.7 Å². The topological polar surface area (TPSA) is 26.3 Å². The van der Waals surface area contributed by atoms with Gasteiger partial charge >= 0.3 is 5.97 Å². The van der Waals surface area contributed by atoms with Crippen molar-refractivity contribution in [2.24, 2.45) is 0 Å². The minimum atomic E-state index is -0.407. The molecule has 0 aliphatic carbocycles. The number of hydrogen-bond donors (Lipinski definition) is 0. The van der Waals surface area contributed by atoms with Crippen molar-refractivity contribution < 1.29 is 9.53 Å². The number of aryl methyl sites for hydroxylation is 1. The fraction of sp³-hybridized carbons (Fsp3) is 0.533. The lowest BCUT2D eigenvalue weighted by molar-refractivity contribution is -0.153. The molecule has 0 amide bonds. The number of halogens is 1. The Hall–Kier alpha value is -0.580. The first-order valence-electron chi connectivity index (χ1n) is 6.26. The normalized spacial score (nSPS) is 11.3. The number of carbonyl (C=O) groups is 1. The molecular formula is C15H21IO2. The van der Waals surface area contributed by atoms with Crippen LogP contribution < -0.4 is 0 Å². The highest BCUT2D eigenvalue weighted by atomic mass is 127. The average Bonchev–Trinajstić information content (AvgIpc) is 2.24. The summed E-state index contributed by atoms with van der Waals surface area (Å²) in [6.45, 7) is 5.67. The second kappa shape index (κ2) is 7.12. The molecular weight excluding hydrogens is 339 g/mol. The Morgan fingerprint density at radius 1 is 1.28 bits per heavy atom. The number of alkyl halides is 1. The summed E-state index contributed by atoms with van der Waals surface area (Å²) in [7, 11) is 0. The van der Waals surface area contributed by atoms with Gasteiger partial charge < -0.3 is 4.74 Å². The van der Waals surface area contributed by atoms with Crippen molar-refractivity contribution in [3.05, 3.63) is 35.4 Å². The van der Waals surface area contributed by atoms with Gasteiger partial charge in [-0.15, -0.1) is 0 Å². The average molecular weight is 360 g/mol. The zero-order valence-electron chi connectivity index (χ0n) is 11.3. The molecule has 0 N–H and O–H groups in total. The van der Waals surface area contributed by atoms with Crippen LogP contribution in [-0.4, -0.2) is 16.0 Å². The SMILES string of the molecule is CC(C)(C)OC(=O)Cc1cccc(CCCI)c1. The Morgan fingerprint density at radius 3 is 2.56 bits per heavy atom. The van der Waals surface area contributed by atoms with E-state index in [9.17, 15) is 4.79 Å². The Bertz CT molecular complexity index is 394. The first-order chi connectivity index (χ1) is 8.40. The maximum Gasteiger partial charge on any atom is 0.310 e. The van der Waals surface area contributed by atoms with Crippen molar-refractivity contribution >= 4 is 28.6 Å². The van der Waals surface area contributed by atoms with Crippen LogP contribution in [-0.2, 0) is 22.4 Å². The summed E-state index contributed by atoms with van der Waals surface area (Å²) < 4.78 is 6.48. The zero-order chi connectivity index (χ0) is 13.6. The van der Waals surface area contributed by atoms with E-state index in [1.807, 2.05) is 32.9 Å². The number of carbonyl (C=O) groups excluding carboxylic acids is 1. The van der Waals surface area contributed by atoms with Gasteiger partial charge in [-0.25, -0.2) is 0 Å². The molecule has 0 saturated heterocycles. The van der Waals surface area contributed by atoms with Gasteiger partial charge in [-0.05, 0) is 49.2 Å². The Morgan fingerprint density at radius 2 is 1.94 bits per heavy atom. The van der Waals surface area contributed by atoms with Crippen molar-refractivity contribution in [2.45, 2.75) is 45.6 Å². The summed E-state index contributed by atoms with van der Waals surface area (Å²) in [6, 6.07) is 8.22. The quantitative estimate of drug-likeness (QED) is 0.452. The Labute approximate surface area is 123 Å². The largest absolute Gasteiger partial charge is 0.460 e. The van der Waals surface area contributed by atoms with Crippen molar-refractivity contribution in [1.29, 1.82) is 0 Å². The van der Waals surface area contributed by atoms with Gasteiger partial charge in [-0.2, -0.15) is 0 Å². The predicted molar refractivity (Wildman–Crippen MR) is 83.2 cm³/mol. The molecule has 0 spiro atoms. The Kier molecular flexibility index (Phi) is 6.12. The zero-order valence-corrected chi connectivity index (χ0v) is 13.5. The summed E-state index contributed by atoms with van der Waals surface area (Å²) >= 11 is 2.38. The van der Waals surface area contributed by atoms with Gasteiger partial charge in [-0.3, -0.25) is 4.79 Å². The molecule has 0 radical (unpaired) electrons. The molecule has 18 heavy (non-hydrogen) atoms. The van der Waals surface area contributed by atoms with Crippen molar-refractivity contribution in [1.82, 2.24) is 0 Å². The number of hydrogen-bond acceptors (Lipinski definition) is 2. The predicted octanol–water partition coefficient (Wildman–Crippen LogP) is 3.94. The summed E-state index contributed by atoms with van der Waals surface area (Å²) in [5.41, 5.74) is 1.93. The lowest BCUT2D eigenvalue weighted by Gasteiger charge is -2.19. The molecule has 2 nitrogen and oxygen atoms in total. The smallest absolute Gasteiger partial charge is 0.310 e. The van der Waals surface area contributed by atoms with Crippen LogP contribution in [0.1, 0.15) is 38.3 Å². The standard InChI is InChI=1S/C15H21IO2/c1-15(2,3)18-14(17)11-13-7-4-6-12(10-13)8-5-9-16/h4,6-7,10H,5,8-9,11H2,1-3H3. The molecule has 0 aliphatic heterocycles. The van der Waals surface area contributed by atoms with E-state index < -0.39 is 5.60 Å². The second-order valence-corrected chi connectivity index (χ2v) is 6.45. The third-order valence-corrected chi connectivity index (χ3v) is 3.12. The molecule has 0 fully saturated rings. The van der Waals surface area contributed by atoms with Crippen molar-refractivity contribution in [3.63, 3.8) is 0 Å². The van der Waals surface area contributed by atoms with E-state index in [-0.39, 0.29) is 5.97 Å². The van der Waals surface area contributed by atoms with Crippen LogP contribution in [0.4, 0.5) is 0 Å². The molecule has 0 aliphatic rings. The first kappa shape index (κ1) is 15.5. The van der Waals surface area contributed by atoms with Gasteiger partial charge in [0.2, 0.25) is 0 Å². The molecule has 0 atom stereocenters. The third kappa shape index (κ3) is 6.38. The number of esters is 1. The minimum absolute atomic E-state index is 0.159. The van der Waals surface area contributed by atoms with E-state index in [4.69, 9.17) is 4.74 Å². The summed E-state index contributed by atoms with van der Waals surface area (Å²) in [5, 5.41) is 0. The van der Waals surface area contributed by atoms with Crippen LogP contribution in [0, 0.1) is 0 Å². The highest BCUT2D eigenvalue weighted by molar-refractivity contribution is 14.1. The molecule has 0 heterocycles. The maximum absolute atomic E-state index is 11.7. The van der Waals surface area contributed by atoms with Crippen LogP contribution in [0.15, 0.2) is 24.3 Å². The number of ether oxygens (including phenoxy) is 1. The molecule has 0 unspecified atom stereocenters. The van der Waals surface area contributed by atoms with Gasteiger partial charge in [0.1, 0.15) is 5.60 Å². The molecule has 3 heteroatoms. The van der Waals surface area contributed by atoms with Gasteiger partial charge in [0.15, 0.2) is 0 Å². The third-order valence-electron chi connectivity index (χ3n) is 2.36. The van der Waals surface area contributed by atoms with Crippen LogP contribution in [0.2, 0.25) is 0 Å². The van der Waals surface area contributed by atoms with E-state index in [0.717, 1.165) is 16.4 Å². The number of rotatable bonds is 5. The maximum atomic E-state index is 11.7. The molecule has 100 valence electrons.